The maximum Gasteiger partial charge on any atom is 0.339 e. The van der Waals surface area contributed by atoms with Crippen molar-refractivity contribution in [3.63, 3.8) is 0 Å². The van der Waals surface area contributed by atoms with Gasteiger partial charge in [0, 0.05) is 10.6 Å². The van der Waals surface area contributed by atoms with E-state index in [1.54, 1.807) is 18.2 Å². The summed E-state index contributed by atoms with van der Waals surface area (Å²) in [5.41, 5.74) is 4.32. The molecule has 0 spiro atoms. The van der Waals surface area contributed by atoms with Gasteiger partial charge in [-0.15, -0.1) is 0 Å². The van der Waals surface area contributed by atoms with Gasteiger partial charge in [0.1, 0.15) is 5.76 Å². The molecule has 0 aliphatic carbocycles. The zero-order valence-corrected chi connectivity index (χ0v) is 14.4. The number of furan rings is 1. The minimum Gasteiger partial charge on any atom is -0.448 e. The van der Waals surface area contributed by atoms with Gasteiger partial charge in [0.05, 0.1) is 6.21 Å². The first-order valence-electron chi connectivity index (χ1n) is 7.68. The second kappa shape index (κ2) is 8.21. The summed E-state index contributed by atoms with van der Waals surface area (Å²) in [6, 6.07) is 20.6. The molecular formula is C19H17N3O2S. The van der Waals surface area contributed by atoms with E-state index in [0.717, 1.165) is 9.99 Å². The molecule has 0 bridgehead atoms. The average Bonchev–Trinajstić information content (AvgIpc) is 3.05. The molecule has 0 aliphatic heterocycles. The van der Waals surface area contributed by atoms with Crippen molar-refractivity contribution in [2.24, 2.45) is 5.10 Å². The van der Waals surface area contributed by atoms with Crippen molar-refractivity contribution in [2.45, 2.75) is 16.9 Å². The number of amides is 2. The van der Waals surface area contributed by atoms with Gasteiger partial charge in [-0.3, -0.25) is 0 Å². The molecule has 0 unspecified atom stereocenters. The number of nitrogens with one attached hydrogen (secondary N) is 2. The van der Waals surface area contributed by atoms with Gasteiger partial charge < -0.3 is 9.73 Å². The Kier molecular flexibility index (Phi) is 5.53. The van der Waals surface area contributed by atoms with E-state index < -0.39 is 6.03 Å². The lowest BCUT2D eigenvalue weighted by atomic mass is 10.2. The number of carbonyl (C=O) groups is 1. The Balaban J connectivity index is 1.51. The Labute approximate surface area is 150 Å². The van der Waals surface area contributed by atoms with E-state index in [9.17, 15) is 4.79 Å². The van der Waals surface area contributed by atoms with Gasteiger partial charge in [-0.05, 0) is 43.3 Å². The van der Waals surface area contributed by atoms with E-state index in [1.807, 2.05) is 36.4 Å². The summed E-state index contributed by atoms with van der Waals surface area (Å²) in [5.74, 6) is 0.564. The minimum absolute atomic E-state index is 0.414. The van der Waals surface area contributed by atoms with Gasteiger partial charge in [-0.25, -0.2) is 10.2 Å². The molecule has 2 N–H and O–H groups in total. The van der Waals surface area contributed by atoms with E-state index in [1.165, 1.54) is 23.5 Å². The predicted molar refractivity (Wildman–Crippen MR) is 100 cm³/mol. The predicted octanol–water partition coefficient (Wildman–Crippen LogP) is 4.89. The Morgan fingerprint density at radius 1 is 1.04 bits per heavy atom. The number of para-hydroxylation sites is 1. The van der Waals surface area contributed by atoms with Crippen LogP contribution in [0.5, 0.6) is 0 Å². The zero-order valence-electron chi connectivity index (χ0n) is 13.6. The van der Waals surface area contributed by atoms with E-state index >= 15 is 0 Å². The van der Waals surface area contributed by atoms with Crippen molar-refractivity contribution >= 4 is 29.7 Å². The van der Waals surface area contributed by atoms with E-state index in [-0.39, 0.29) is 0 Å². The normalized spacial score (nSPS) is 10.8. The molecule has 2 amide bonds. The number of carbonyl (C=O) groups excluding carboxylic acids is 1. The van der Waals surface area contributed by atoms with Crippen LogP contribution in [0.2, 0.25) is 0 Å². The Hall–Kier alpha value is -2.99. The highest BCUT2D eigenvalue weighted by Crippen LogP contribution is 2.28. The van der Waals surface area contributed by atoms with Crippen molar-refractivity contribution in [1.82, 2.24) is 5.43 Å². The van der Waals surface area contributed by atoms with Gasteiger partial charge >= 0.3 is 6.03 Å². The van der Waals surface area contributed by atoms with Crippen LogP contribution >= 0.6 is 11.8 Å². The monoisotopic (exact) mass is 351 g/mol. The molecule has 3 aromatic rings. The van der Waals surface area contributed by atoms with Crippen molar-refractivity contribution in [2.75, 3.05) is 5.32 Å². The molecule has 2 aromatic carbocycles. The lowest BCUT2D eigenvalue weighted by Crippen LogP contribution is -2.24. The summed E-state index contributed by atoms with van der Waals surface area (Å²) < 4.78 is 5.66. The number of rotatable bonds is 5. The first kappa shape index (κ1) is 16.9. The zero-order chi connectivity index (χ0) is 17.5. The Morgan fingerprint density at radius 2 is 1.80 bits per heavy atom. The second-order valence-corrected chi connectivity index (χ2v) is 6.34. The summed E-state index contributed by atoms with van der Waals surface area (Å²) in [6.45, 7) is 2.05. The number of benzene rings is 2. The standard InChI is InChI=1S/C19H17N3O2S/c1-14-7-10-17(11-8-14)25-18-12-9-16(24-18)13-20-22-19(23)21-15-5-3-2-4-6-15/h2-13H,1H3,(H2,21,22,23)/b20-13-. The highest BCUT2D eigenvalue weighted by molar-refractivity contribution is 7.99. The smallest absolute Gasteiger partial charge is 0.339 e. The number of nitrogens with zero attached hydrogens (tertiary/aromatic N) is 1. The molecule has 0 aliphatic rings. The average molecular weight is 351 g/mol. The molecular weight excluding hydrogens is 334 g/mol. The van der Waals surface area contributed by atoms with Crippen LogP contribution in [0.15, 0.2) is 86.2 Å². The van der Waals surface area contributed by atoms with Crippen LogP contribution in [-0.4, -0.2) is 12.2 Å². The number of aryl methyl sites for hydroxylation is 1. The molecule has 1 aromatic heterocycles. The van der Waals surface area contributed by atoms with Crippen LogP contribution in [0.1, 0.15) is 11.3 Å². The van der Waals surface area contributed by atoms with Crippen molar-refractivity contribution < 1.29 is 9.21 Å². The molecule has 0 saturated heterocycles. The van der Waals surface area contributed by atoms with Gasteiger partial charge in [0.2, 0.25) is 0 Å². The van der Waals surface area contributed by atoms with Crippen LogP contribution in [0, 0.1) is 6.92 Å². The molecule has 1 heterocycles. The second-order valence-electron chi connectivity index (χ2n) is 5.26. The van der Waals surface area contributed by atoms with Crippen molar-refractivity contribution in [3.8, 4) is 0 Å². The largest absolute Gasteiger partial charge is 0.448 e. The maximum absolute atomic E-state index is 11.7. The third kappa shape index (κ3) is 5.26. The molecule has 25 heavy (non-hydrogen) atoms. The quantitative estimate of drug-likeness (QED) is 0.508. The molecule has 0 radical (unpaired) electrons. The number of hydrogen-bond donors (Lipinski definition) is 2. The highest BCUT2D eigenvalue weighted by atomic mass is 32.2. The fourth-order valence-corrected chi connectivity index (χ4v) is 2.79. The van der Waals surface area contributed by atoms with Crippen LogP contribution < -0.4 is 10.7 Å². The molecule has 0 atom stereocenters. The summed E-state index contributed by atoms with van der Waals surface area (Å²) in [4.78, 5) is 12.8. The van der Waals surface area contributed by atoms with E-state index in [2.05, 4.69) is 34.9 Å². The maximum atomic E-state index is 11.7. The molecule has 6 heteroatoms. The summed E-state index contributed by atoms with van der Waals surface area (Å²) in [5, 5.41) is 7.31. The SMILES string of the molecule is Cc1ccc(Sc2ccc(/C=N\NC(=O)Nc3ccccc3)o2)cc1. The minimum atomic E-state index is -0.414. The fraction of sp³-hybridized carbons (Fsp3) is 0.0526. The molecule has 0 fully saturated rings. The van der Waals surface area contributed by atoms with Crippen LogP contribution in [0.3, 0.4) is 0 Å². The summed E-state index contributed by atoms with van der Waals surface area (Å²) in [6.07, 6.45) is 1.46. The van der Waals surface area contributed by atoms with Crippen LogP contribution in [0.4, 0.5) is 10.5 Å². The van der Waals surface area contributed by atoms with Crippen LogP contribution in [-0.2, 0) is 0 Å². The van der Waals surface area contributed by atoms with Gasteiger partial charge in [0.15, 0.2) is 5.09 Å². The van der Waals surface area contributed by atoms with Crippen LogP contribution in [0.25, 0.3) is 0 Å². The van der Waals surface area contributed by atoms with Gasteiger partial charge in [0.25, 0.3) is 0 Å². The fourth-order valence-electron chi connectivity index (χ4n) is 2.02. The molecule has 5 nitrogen and oxygen atoms in total. The first-order valence-corrected chi connectivity index (χ1v) is 8.50. The van der Waals surface area contributed by atoms with Gasteiger partial charge in [-0.1, -0.05) is 47.7 Å². The lowest BCUT2D eigenvalue weighted by molar-refractivity contribution is 0.252. The van der Waals surface area contributed by atoms with E-state index in [4.69, 9.17) is 4.42 Å². The number of hydrazone groups is 1. The topological polar surface area (TPSA) is 66.6 Å². The Bertz CT molecular complexity index is 858. The highest BCUT2D eigenvalue weighted by Gasteiger charge is 2.03. The molecule has 3 rings (SSSR count). The number of urea groups is 1. The van der Waals surface area contributed by atoms with E-state index in [0.29, 0.717) is 11.4 Å². The summed E-state index contributed by atoms with van der Waals surface area (Å²) >= 11 is 1.53. The third-order valence-electron chi connectivity index (χ3n) is 3.23. The molecule has 126 valence electrons. The summed E-state index contributed by atoms with van der Waals surface area (Å²) in [7, 11) is 0. The number of hydrogen-bond acceptors (Lipinski definition) is 4. The number of anilines is 1. The Morgan fingerprint density at radius 3 is 2.56 bits per heavy atom. The first-order chi connectivity index (χ1) is 12.2. The van der Waals surface area contributed by atoms with Crippen molar-refractivity contribution in [1.29, 1.82) is 0 Å². The van der Waals surface area contributed by atoms with Gasteiger partial charge in [-0.2, -0.15) is 5.10 Å². The van der Waals surface area contributed by atoms with Crippen molar-refractivity contribution in [3.05, 3.63) is 78.1 Å². The lowest BCUT2D eigenvalue weighted by Gasteiger charge is -2.02. The molecule has 0 saturated carbocycles. The third-order valence-corrected chi connectivity index (χ3v) is 4.16.